The van der Waals surface area contributed by atoms with Crippen LogP contribution in [0.5, 0.6) is 0 Å². The van der Waals surface area contributed by atoms with Crippen LogP contribution in [-0.2, 0) is 9.47 Å². The Bertz CT molecular complexity index is 647. The summed E-state index contributed by atoms with van der Waals surface area (Å²) in [6, 6.07) is 6.78. The van der Waals surface area contributed by atoms with E-state index in [2.05, 4.69) is 5.32 Å². The molecular formula is C19H25FN2O3. The van der Waals surface area contributed by atoms with Gasteiger partial charge in [0.15, 0.2) is 5.79 Å². The van der Waals surface area contributed by atoms with Crippen LogP contribution in [0.2, 0.25) is 0 Å². The van der Waals surface area contributed by atoms with Crippen molar-refractivity contribution >= 4 is 6.03 Å². The summed E-state index contributed by atoms with van der Waals surface area (Å²) in [6.07, 6.45) is 2.75. The summed E-state index contributed by atoms with van der Waals surface area (Å²) >= 11 is 0. The second-order valence-corrected chi connectivity index (χ2v) is 7.42. The zero-order valence-corrected chi connectivity index (χ0v) is 14.5. The molecule has 3 atom stereocenters. The maximum absolute atomic E-state index is 13.9. The summed E-state index contributed by atoms with van der Waals surface area (Å²) in [4.78, 5) is 14.5. The van der Waals surface area contributed by atoms with Crippen LogP contribution >= 0.6 is 0 Å². The number of benzene rings is 1. The van der Waals surface area contributed by atoms with E-state index >= 15 is 0 Å². The van der Waals surface area contributed by atoms with E-state index in [0.717, 1.165) is 25.8 Å². The van der Waals surface area contributed by atoms with E-state index in [9.17, 15) is 9.18 Å². The van der Waals surface area contributed by atoms with Crippen LogP contribution in [0.1, 0.15) is 37.7 Å². The van der Waals surface area contributed by atoms with E-state index in [1.54, 1.807) is 12.1 Å². The predicted molar refractivity (Wildman–Crippen MR) is 90.7 cm³/mol. The van der Waals surface area contributed by atoms with Crippen LogP contribution in [0.4, 0.5) is 9.18 Å². The minimum atomic E-state index is -0.575. The molecule has 1 aromatic rings. The molecule has 2 heterocycles. The van der Waals surface area contributed by atoms with Crippen LogP contribution in [0.15, 0.2) is 24.3 Å². The van der Waals surface area contributed by atoms with Crippen molar-refractivity contribution in [3.63, 3.8) is 0 Å². The number of carbonyl (C=O) groups excluding carboxylic acids is 1. The quantitative estimate of drug-likeness (QED) is 0.914. The van der Waals surface area contributed by atoms with Crippen LogP contribution in [0.25, 0.3) is 0 Å². The minimum Gasteiger partial charge on any atom is -0.347 e. The molecular weight excluding hydrogens is 323 g/mol. The Morgan fingerprint density at radius 2 is 2.08 bits per heavy atom. The summed E-state index contributed by atoms with van der Waals surface area (Å²) in [5, 5.41) is 3.06. The number of piperidine rings is 1. The van der Waals surface area contributed by atoms with Crippen molar-refractivity contribution in [1.29, 1.82) is 0 Å². The zero-order valence-electron chi connectivity index (χ0n) is 14.5. The number of urea groups is 1. The van der Waals surface area contributed by atoms with Crippen LogP contribution in [0, 0.1) is 11.7 Å². The number of nitrogens with one attached hydrogen (secondary N) is 1. The van der Waals surface area contributed by atoms with Gasteiger partial charge in [-0.1, -0.05) is 18.2 Å². The van der Waals surface area contributed by atoms with Gasteiger partial charge in [0.05, 0.1) is 13.2 Å². The Morgan fingerprint density at radius 3 is 2.84 bits per heavy atom. The fourth-order valence-electron chi connectivity index (χ4n) is 4.08. The molecule has 1 saturated carbocycles. The lowest BCUT2D eigenvalue weighted by Crippen LogP contribution is -2.51. The topological polar surface area (TPSA) is 50.8 Å². The molecule has 2 saturated heterocycles. The third-order valence-corrected chi connectivity index (χ3v) is 5.71. The summed E-state index contributed by atoms with van der Waals surface area (Å²) < 4.78 is 25.4. The van der Waals surface area contributed by atoms with E-state index in [1.807, 2.05) is 17.9 Å². The Kier molecular flexibility index (Phi) is 4.41. The normalized spacial score (nSPS) is 31.0. The number of hydrogen-bond acceptors (Lipinski definition) is 3. The predicted octanol–water partition coefficient (Wildman–Crippen LogP) is 2.87. The summed E-state index contributed by atoms with van der Waals surface area (Å²) in [5.74, 6) is -0.486. The number of nitrogens with zero attached hydrogens (tertiary/aromatic N) is 1. The molecule has 1 aliphatic carbocycles. The summed E-state index contributed by atoms with van der Waals surface area (Å²) in [6.45, 7) is 4.59. The van der Waals surface area contributed by atoms with Crippen molar-refractivity contribution in [1.82, 2.24) is 10.2 Å². The molecule has 25 heavy (non-hydrogen) atoms. The minimum absolute atomic E-state index is 0.0272. The van der Waals surface area contributed by atoms with Crippen LogP contribution < -0.4 is 5.32 Å². The molecule has 0 spiro atoms. The molecule has 1 aromatic carbocycles. The highest BCUT2D eigenvalue weighted by Gasteiger charge is 2.45. The second-order valence-electron chi connectivity index (χ2n) is 7.42. The van der Waals surface area contributed by atoms with Gasteiger partial charge < -0.3 is 19.7 Å². The molecule has 6 heteroatoms. The monoisotopic (exact) mass is 348 g/mol. The number of amides is 2. The van der Waals surface area contributed by atoms with Crippen LogP contribution in [-0.4, -0.2) is 49.1 Å². The lowest BCUT2D eigenvalue weighted by molar-refractivity contribution is -0.189. The Balaban J connectivity index is 1.33. The number of ether oxygens (including phenoxy) is 2. The molecule has 0 radical (unpaired) electrons. The lowest BCUT2D eigenvalue weighted by Gasteiger charge is -2.39. The van der Waals surface area contributed by atoms with Crippen molar-refractivity contribution in [3.8, 4) is 0 Å². The Morgan fingerprint density at radius 1 is 1.32 bits per heavy atom. The van der Waals surface area contributed by atoms with Crippen molar-refractivity contribution in [3.05, 3.63) is 35.6 Å². The lowest BCUT2D eigenvalue weighted by atomic mass is 9.90. The fourth-order valence-corrected chi connectivity index (χ4v) is 4.08. The molecule has 3 aliphatic rings. The first-order chi connectivity index (χ1) is 12.1. The molecule has 5 nitrogen and oxygen atoms in total. The van der Waals surface area contributed by atoms with E-state index in [4.69, 9.17) is 9.47 Å². The first-order valence-corrected chi connectivity index (χ1v) is 9.14. The highest BCUT2D eigenvalue weighted by Crippen LogP contribution is 2.42. The molecule has 1 N–H and O–H groups in total. The first-order valence-electron chi connectivity index (χ1n) is 9.14. The Hall–Kier alpha value is -1.66. The molecule has 3 fully saturated rings. The molecule has 2 amide bonds. The van der Waals surface area contributed by atoms with E-state index < -0.39 is 5.79 Å². The molecule has 4 rings (SSSR count). The number of rotatable bonds is 3. The largest absolute Gasteiger partial charge is 0.347 e. The number of halogens is 1. The maximum atomic E-state index is 13.9. The summed E-state index contributed by atoms with van der Waals surface area (Å²) in [7, 11) is 0. The SMILES string of the molecule is CC1([C@@H]2CCCN(C(=O)N[C@@H]3C[C@H]3c3ccccc3F)C2)OCCO1. The average molecular weight is 348 g/mol. The number of hydrogen-bond donors (Lipinski definition) is 1. The summed E-state index contributed by atoms with van der Waals surface area (Å²) in [5.41, 5.74) is 0.699. The van der Waals surface area contributed by atoms with Crippen molar-refractivity contribution in [2.75, 3.05) is 26.3 Å². The third kappa shape index (κ3) is 3.37. The average Bonchev–Trinajstić information content (AvgIpc) is 3.23. The van der Waals surface area contributed by atoms with Crippen molar-refractivity contribution in [2.45, 2.75) is 43.9 Å². The maximum Gasteiger partial charge on any atom is 0.317 e. The van der Waals surface area contributed by atoms with E-state index in [-0.39, 0.29) is 29.7 Å². The second kappa shape index (κ2) is 6.57. The third-order valence-electron chi connectivity index (χ3n) is 5.71. The van der Waals surface area contributed by atoms with Gasteiger partial charge in [0.1, 0.15) is 5.82 Å². The zero-order chi connectivity index (χ0) is 17.4. The van der Waals surface area contributed by atoms with Gasteiger partial charge in [-0.2, -0.15) is 0 Å². The van der Waals surface area contributed by atoms with Gasteiger partial charge in [-0.25, -0.2) is 9.18 Å². The smallest absolute Gasteiger partial charge is 0.317 e. The van der Waals surface area contributed by atoms with E-state index in [0.29, 0.717) is 25.3 Å². The first kappa shape index (κ1) is 16.8. The molecule has 136 valence electrons. The van der Waals surface area contributed by atoms with Gasteiger partial charge in [0, 0.05) is 31.0 Å². The van der Waals surface area contributed by atoms with Gasteiger partial charge in [-0.15, -0.1) is 0 Å². The number of carbonyl (C=O) groups is 1. The van der Waals surface area contributed by atoms with Gasteiger partial charge in [0.2, 0.25) is 0 Å². The van der Waals surface area contributed by atoms with Gasteiger partial charge in [-0.05, 0) is 37.8 Å². The molecule has 0 unspecified atom stereocenters. The highest BCUT2D eigenvalue weighted by molar-refractivity contribution is 5.75. The number of likely N-dealkylation sites (tertiary alicyclic amines) is 1. The Labute approximate surface area is 147 Å². The van der Waals surface area contributed by atoms with Gasteiger partial charge in [-0.3, -0.25) is 0 Å². The van der Waals surface area contributed by atoms with Gasteiger partial charge >= 0.3 is 6.03 Å². The van der Waals surface area contributed by atoms with Crippen LogP contribution in [0.3, 0.4) is 0 Å². The fraction of sp³-hybridized carbons (Fsp3) is 0.632. The van der Waals surface area contributed by atoms with Crippen molar-refractivity contribution < 1.29 is 18.7 Å². The standard InChI is InChI=1S/C19H25FN2O3/c1-19(24-9-10-25-19)13-5-4-8-22(12-13)18(23)21-17-11-15(17)14-6-2-3-7-16(14)20/h2-3,6-7,13,15,17H,4-5,8-12H2,1H3,(H,21,23)/t13-,15+,17-/m1/s1. The molecule has 0 bridgehead atoms. The molecule has 2 aliphatic heterocycles. The highest BCUT2D eigenvalue weighted by atomic mass is 19.1. The van der Waals surface area contributed by atoms with Crippen molar-refractivity contribution in [2.24, 2.45) is 5.92 Å². The van der Waals surface area contributed by atoms with Gasteiger partial charge in [0.25, 0.3) is 0 Å². The molecule has 0 aromatic heterocycles. The van der Waals surface area contributed by atoms with E-state index in [1.165, 1.54) is 6.07 Å².